The highest BCUT2D eigenvalue weighted by atomic mass is 32.2. The summed E-state index contributed by atoms with van der Waals surface area (Å²) in [6.07, 6.45) is 4.36. The van der Waals surface area contributed by atoms with Gasteiger partial charge in [0.1, 0.15) is 5.69 Å². The van der Waals surface area contributed by atoms with E-state index in [1.807, 2.05) is 4.90 Å². The minimum Gasteiger partial charge on any atom is -0.360 e. The van der Waals surface area contributed by atoms with Crippen LogP contribution < -0.4 is 10.0 Å². The molecule has 1 fully saturated rings. The number of carbonyl (C=O) groups is 1. The fourth-order valence-electron chi connectivity index (χ4n) is 3.16. The van der Waals surface area contributed by atoms with Crippen molar-refractivity contribution in [3.8, 4) is 0 Å². The number of aromatic nitrogens is 1. The van der Waals surface area contributed by atoms with E-state index in [0.29, 0.717) is 17.1 Å². The fourth-order valence-corrected chi connectivity index (χ4v) is 4.55. The lowest BCUT2D eigenvalue weighted by atomic mass is 10.2. The number of benzene rings is 1. The first kappa shape index (κ1) is 19.2. The molecule has 0 radical (unpaired) electrons. The summed E-state index contributed by atoms with van der Waals surface area (Å²) < 4.78 is 32.5. The number of nitrogens with zero attached hydrogens (tertiary/aromatic N) is 2. The van der Waals surface area contributed by atoms with Gasteiger partial charge in [-0.1, -0.05) is 18.0 Å². The maximum absolute atomic E-state index is 12.5. The number of carbonyl (C=O) groups excluding carboxylic acids is 1. The maximum atomic E-state index is 12.5. The Bertz CT molecular complexity index is 878. The normalized spacial score (nSPS) is 15.3. The van der Waals surface area contributed by atoms with Crippen molar-refractivity contribution in [2.75, 3.05) is 23.1 Å². The first-order chi connectivity index (χ1) is 12.9. The summed E-state index contributed by atoms with van der Waals surface area (Å²) in [6.45, 7) is 4.66. The third-order valence-corrected chi connectivity index (χ3v) is 6.14. The SMILES string of the molecule is Cc1noc(C)c1S(=O)(=O)Nc1ccc(NC(=O)N2CCCCCC2)cc1. The van der Waals surface area contributed by atoms with Crippen LogP contribution in [-0.4, -0.2) is 37.6 Å². The zero-order valence-electron chi connectivity index (χ0n) is 15.5. The molecular formula is C18H24N4O4S. The lowest BCUT2D eigenvalue weighted by molar-refractivity contribution is 0.214. The first-order valence-corrected chi connectivity index (χ1v) is 10.5. The number of urea groups is 1. The highest BCUT2D eigenvalue weighted by Gasteiger charge is 2.24. The van der Waals surface area contributed by atoms with Crippen molar-refractivity contribution in [1.29, 1.82) is 0 Å². The molecule has 2 heterocycles. The lowest BCUT2D eigenvalue weighted by Crippen LogP contribution is -2.35. The Balaban J connectivity index is 1.66. The van der Waals surface area contributed by atoms with Gasteiger partial charge in [0.2, 0.25) is 0 Å². The van der Waals surface area contributed by atoms with Crippen molar-refractivity contribution in [2.24, 2.45) is 0 Å². The van der Waals surface area contributed by atoms with Crippen LogP contribution in [0.1, 0.15) is 37.1 Å². The van der Waals surface area contributed by atoms with E-state index in [0.717, 1.165) is 38.8 Å². The van der Waals surface area contributed by atoms with Crippen molar-refractivity contribution < 1.29 is 17.7 Å². The Hall–Kier alpha value is -2.55. The van der Waals surface area contributed by atoms with Crippen molar-refractivity contribution >= 4 is 27.4 Å². The number of hydrogen-bond donors (Lipinski definition) is 2. The van der Waals surface area contributed by atoms with Crippen molar-refractivity contribution in [3.05, 3.63) is 35.7 Å². The fraction of sp³-hybridized carbons (Fsp3) is 0.444. The molecule has 0 atom stereocenters. The summed E-state index contributed by atoms with van der Waals surface area (Å²) in [5.41, 5.74) is 1.31. The molecule has 27 heavy (non-hydrogen) atoms. The van der Waals surface area contributed by atoms with Gasteiger partial charge < -0.3 is 14.7 Å². The smallest absolute Gasteiger partial charge is 0.321 e. The molecule has 1 aliphatic rings. The zero-order valence-corrected chi connectivity index (χ0v) is 16.3. The molecule has 0 spiro atoms. The number of likely N-dealkylation sites (tertiary alicyclic amines) is 1. The van der Waals surface area contributed by atoms with Crippen LogP contribution >= 0.6 is 0 Å². The van der Waals surface area contributed by atoms with Crippen LogP contribution in [0.2, 0.25) is 0 Å². The molecule has 0 unspecified atom stereocenters. The van der Waals surface area contributed by atoms with E-state index in [9.17, 15) is 13.2 Å². The maximum Gasteiger partial charge on any atom is 0.321 e. The average Bonchev–Trinajstić information content (AvgIpc) is 2.83. The van der Waals surface area contributed by atoms with Gasteiger partial charge in [0.15, 0.2) is 10.7 Å². The van der Waals surface area contributed by atoms with Crippen LogP contribution in [0.4, 0.5) is 16.2 Å². The Labute approximate surface area is 159 Å². The number of amides is 2. The first-order valence-electron chi connectivity index (χ1n) is 8.98. The highest BCUT2D eigenvalue weighted by Crippen LogP contribution is 2.23. The molecule has 146 valence electrons. The molecule has 1 aliphatic heterocycles. The molecule has 2 amide bonds. The third-order valence-electron chi connectivity index (χ3n) is 4.52. The Morgan fingerprint density at radius 1 is 1.04 bits per heavy atom. The molecule has 0 saturated carbocycles. The van der Waals surface area contributed by atoms with Gasteiger partial charge in [0, 0.05) is 24.5 Å². The minimum atomic E-state index is -3.79. The molecule has 3 rings (SSSR count). The highest BCUT2D eigenvalue weighted by molar-refractivity contribution is 7.92. The molecular weight excluding hydrogens is 368 g/mol. The van der Waals surface area contributed by atoms with Gasteiger partial charge in [-0.2, -0.15) is 0 Å². The third kappa shape index (κ3) is 4.60. The van der Waals surface area contributed by atoms with Crippen molar-refractivity contribution in [3.63, 3.8) is 0 Å². The molecule has 1 saturated heterocycles. The summed E-state index contributed by atoms with van der Waals surface area (Å²) >= 11 is 0. The van der Waals surface area contributed by atoms with Crippen LogP contribution in [0.5, 0.6) is 0 Å². The average molecular weight is 392 g/mol. The van der Waals surface area contributed by atoms with Crippen LogP contribution in [-0.2, 0) is 10.0 Å². The molecule has 1 aromatic heterocycles. The summed E-state index contributed by atoms with van der Waals surface area (Å²) in [7, 11) is -3.79. The predicted octanol–water partition coefficient (Wildman–Crippen LogP) is 3.50. The van der Waals surface area contributed by atoms with E-state index in [1.54, 1.807) is 38.1 Å². The van der Waals surface area contributed by atoms with Gasteiger partial charge >= 0.3 is 6.03 Å². The Morgan fingerprint density at radius 2 is 1.63 bits per heavy atom. The summed E-state index contributed by atoms with van der Waals surface area (Å²) in [6, 6.07) is 6.42. The van der Waals surface area contributed by atoms with Gasteiger partial charge in [-0.05, 0) is 51.0 Å². The summed E-state index contributed by atoms with van der Waals surface area (Å²) in [5, 5.41) is 6.54. The van der Waals surface area contributed by atoms with E-state index in [4.69, 9.17) is 4.52 Å². The molecule has 0 aliphatic carbocycles. The van der Waals surface area contributed by atoms with Crippen molar-refractivity contribution in [1.82, 2.24) is 10.1 Å². The molecule has 9 heteroatoms. The number of hydrogen-bond acceptors (Lipinski definition) is 5. The predicted molar refractivity (Wildman–Crippen MR) is 102 cm³/mol. The van der Waals surface area contributed by atoms with E-state index < -0.39 is 10.0 Å². The molecule has 8 nitrogen and oxygen atoms in total. The zero-order chi connectivity index (χ0) is 19.4. The second kappa shape index (κ2) is 7.99. The van der Waals surface area contributed by atoms with Gasteiger partial charge in [0.05, 0.1) is 0 Å². The Kier molecular flexibility index (Phi) is 5.69. The molecule has 1 aromatic carbocycles. The molecule has 2 N–H and O–H groups in total. The van der Waals surface area contributed by atoms with E-state index in [2.05, 4.69) is 15.2 Å². The topological polar surface area (TPSA) is 105 Å². The van der Waals surface area contributed by atoms with Gasteiger partial charge in [-0.3, -0.25) is 4.72 Å². The van der Waals surface area contributed by atoms with Crippen molar-refractivity contribution in [2.45, 2.75) is 44.4 Å². The standard InChI is InChI=1S/C18H24N4O4S/c1-13-17(14(2)26-20-13)27(24,25)21-16-9-7-15(8-10-16)19-18(23)22-11-5-3-4-6-12-22/h7-10,21H,3-6,11-12H2,1-2H3,(H,19,23). The summed E-state index contributed by atoms with van der Waals surface area (Å²) in [5.74, 6) is 0.237. The minimum absolute atomic E-state index is 0.0426. The quantitative estimate of drug-likeness (QED) is 0.829. The van der Waals surface area contributed by atoms with E-state index in [1.165, 1.54) is 0 Å². The van der Waals surface area contributed by atoms with Gasteiger partial charge in [-0.25, -0.2) is 13.2 Å². The number of rotatable bonds is 4. The second-order valence-electron chi connectivity index (χ2n) is 6.67. The largest absolute Gasteiger partial charge is 0.360 e. The number of aryl methyl sites for hydroxylation is 2. The number of nitrogens with one attached hydrogen (secondary N) is 2. The second-order valence-corrected chi connectivity index (χ2v) is 8.29. The van der Waals surface area contributed by atoms with E-state index >= 15 is 0 Å². The monoisotopic (exact) mass is 392 g/mol. The van der Waals surface area contributed by atoms with E-state index in [-0.39, 0.29) is 16.7 Å². The van der Waals surface area contributed by atoms with Crippen LogP contribution in [0.25, 0.3) is 0 Å². The van der Waals surface area contributed by atoms with Crippen LogP contribution in [0.3, 0.4) is 0 Å². The lowest BCUT2D eigenvalue weighted by Gasteiger charge is -2.20. The number of sulfonamides is 1. The molecule has 2 aromatic rings. The summed E-state index contributed by atoms with van der Waals surface area (Å²) in [4.78, 5) is 14.2. The van der Waals surface area contributed by atoms with Crippen LogP contribution in [0.15, 0.2) is 33.7 Å². The van der Waals surface area contributed by atoms with Gasteiger partial charge in [-0.15, -0.1) is 0 Å². The van der Waals surface area contributed by atoms with Gasteiger partial charge in [0.25, 0.3) is 10.0 Å². The Morgan fingerprint density at radius 3 is 2.19 bits per heavy atom. The number of anilines is 2. The van der Waals surface area contributed by atoms with Crippen LogP contribution in [0, 0.1) is 13.8 Å². The molecule has 0 bridgehead atoms.